The van der Waals surface area contributed by atoms with Gasteiger partial charge in [-0.2, -0.15) is 5.10 Å². The number of nitrogens with two attached hydrogens (primary N) is 1. The average molecular weight is 515 g/mol. The van der Waals surface area contributed by atoms with Gasteiger partial charge in [-0.25, -0.2) is 4.39 Å². The van der Waals surface area contributed by atoms with Gasteiger partial charge in [0.25, 0.3) is 5.91 Å². The molecular formula is C24H24ClFN6O4. The smallest absolute Gasteiger partial charge is 0.269 e. The first-order valence-electron chi connectivity index (χ1n) is 11.2. The zero-order chi connectivity index (χ0) is 25.8. The highest BCUT2D eigenvalue weighted by Crippen LogP contribution is 2.28. The van der Waals surface area contributed by atoms with E-state index in [0.717, 1.165) is 18.4 Å². The highest BCUT2D eigenvalue weighted by atomic mass is 35.5. The van der Waals surface area contributed by atoms with Gasteiger partial charge in [-0.15, -0.1) is 0 Å². The molecule has 3 aromatic rings. The summed E-state index contributed by atoms with van der Waals surface area (Å²) in [5.74, 6) is -2.15. The third-order valence-corrected chi connectivity index (χ3v) is 6.14. The molecule has 1 fully saturated rings. The number of hydrogen-bond donors (Lipinski definition) is 3. The summed E-state index contributed by atoms with van der Waals surface area (Å²) in [6.07, 6.45) is 2.10. The molecule has 36 heavy (non-hydrogen) atoms. The van der Waals surface area contributed by atoms with E-state index in [9.17, 15) is 23.6 Å². The van der Waals surface area contributed by atoms with Crippen molar-refractivity contribution in [1.29, 1.82) is 0 Å². The molecule has 0 saturated heterocycles. The van der Waals surface area contributed by atoms with E-state index >= 15 is 0 Å². The molecule has 1 heterocycles. The Balaban J connectivity index is 1.47. The van der Waals surface area contributed by atoms with Crippen molar-refractivity contribution in [3.8, 4) is 0 Å². The third-order valence-electron chi connectivity index (χ3n) is 5.85. The van der Waals surface area contributed by atoms with Crippen LogP contribution in [-0.2, 0) is 34.0 Å². The lowest BCUT2D eigenvalue weighted by atomic mass is 10.1. The maximum atomic E-state index is 14.1. The van der Waals surface area contributed by atoms with Gasteiger partial charge in [0.2, 0.25) is 18.2 Å². The van der Waals surface area contributed by atoms with Crippen LogP contribution < -0.4 is 16.4 Å². The van der Waals surface area contributed by atoms with E-state index in [4.69, 9.17) is 17.3 Å². The Morgan fingerprint density at radius 1 is 1.22 bits per heavy atom. The van der Waals surface area contributed by atoms with E-state index in [1.165, 1.54) is 21.7 Å². The highest BCUT2D eigenvalue weighted by Gasteiger charge is 2.34. The normalized spacial score (nSPS) is 12.8. The van der Waals surface area contributed by atoms with Crippen LogP contribution in [0.25, 0.3) is 10.9 Å². The first kappa shape index (κ1) is 25.1. The fraction of sp³-hybridized carbons (Fsp3) is 0.292. The molecule has 1 saturated carbocycles. The lowest BCUT2D eigenvalue weighted by Crippen LogP contribution is -2.43. The highest BCUT2D eigenvalue weighted by molar-refractivity contribution is 6.30. The summed E-state index contributed by atoms with van der Waals surface area (Å²) >= 11 is 5.78. The number of carbonyl (C=O) groups is 4. The van der Waals surface area contributed by atoms with Crippen molar-refractivity contribution in [3.63, 3.8) is 0 Å². The molecule has 4 amide bonds. The van der Waals surface area contributed by atoms with Crippen LogP contribution in [0.4, 0.5) is 4.39 Å². The first-order valence-corrected chi connectivity index (χ1v) is 11.6. The number of halogens is 2. The van der Waals surface area contributed by atoms with Gasteiger partial charge in [0, 0.05) is 30.1 Å². The molecule has 1 aliphatic rings. The van der Waals surface area contributed by atoms with Gasteiger partial charge in [0.15, 0.2) is 5.69 Å². The minimum absolute atomic E-state index is 0.00464. The molecule has 0 aliphatic heterocycles. The number of carbonyl (C=O) groups excluding carboxylic acids is 4. The second-order valence-electron chi connectivity index (χ2n) is 8.46. The fourth-order valence-electron chi connectivity index (χ4n) is 3.91. The number of rotatable bonds is 11. The van der Waals surface area contributed by atoms with E-state index < -0.39 is 17.6 Å². The Bertz CT molecular complexity index is 1340. The van der Waals surface area contributed by atoms with Gasteiger partial charge in [-0.3, -0.25) is 23.9 Å². The average Bonchev–Trinajstić information content (AvgIpc) is 3.63. The van der Waals surface area contributed by atoms with Gasteiger partial charge < -0.3 is 21.3 Å². The molecular weight excluding hydrogens is 491 g/mol. The van der Waals surface area contributed by atoms with Crippen molar-refractivity contribution >= 4 is 46.6 Å². The van der Waals surface area contributed by atoms with E-state index in [1.54, 1.807) is 24.3 Å². The number of aromatic nitrogens is 2. The standard InChI is InChI=1S/C24H24ClFN6O4/c25-18-3-1-2-15(22(18)26)10-29-20(34)11-31(16-5-6-16)21(35)12-32-19-7-4-14(9-28-13-33)8-17(19)23(30-32)24(27)36/h1-4,7-8,13,16H,5-6,9-12H2,(H2,27,36)(H,28,33)(H,29,34). The zero-order valence-electron chi connectivity index (χ0n) is 19.2. The number of benzene rings is 2. The molecule has 0 radical (unpaired) electrons. The van der Waals surface area contributed by atoms with E-state index in [1.807, 2.05) is 0 Å². The van der Waals surface area contributed by atoms with Crippen LogP contribution in [0.5, 0.6) is 0 Å². The maximum Gasteiger partial charge on any atom is 0.269 e. The number of hydrogen-bond acceptors (Lipinski definition) is 5. The Hall–Kier alpha value is -3.99. The predicted molar refractivity (Wildman–Crippen MR) is 129 cm³/mol. The number of primary amides is 1. The zero-order valence-corrected chi connectivity index (χ0v) is 19.9. The summed E-state index contributed by atoms with van der Waals surface area (Å²) in [5, 5.41) is 9.83. The van der Waals surface area contributed by atoms with E-state index in [-0.39, 0.29) is 54.4 Å². The Kier molecular flexibility index (Phi) is 7.49. The molecule has 188 valence electrons. The van der Waals surface area contributed by atoms with E-state index in [2.05, 4.69) is 15.7 Å². The van der Waals surface area contributed by atoms with Crippen molar-refractivity contribution in [2.75, 3.05) is 6.54 Å². The first-order chi connectivity index (χ1) is 17.3. The van der Waals surface area contributed by atoms with Crippen molar-refractivity contribution in [1.82, 2.24) is 25.3 Å². The van der Waals surface area contributed by atoms with Crippen molar-refractivity contribution < 1.29 is 23.6 Å². The molecule has 4 N–H and O–H groups in total. The summed E-state index contributed by atoms with van der Waals surface area (Å²) < 4.78 is 15.5. The van der Waals surface area contributed by atoms with Crippen molar-refractivity contribution in [3.05, 3.63) is 64.1 Å². The molecule has 12 heteroatoms. The largest absolute Gasteiger partial charge is 0.364 e. The van der Waals surface area contributed by atoms with Crippen LogP contribution in [0.1, 0.15) is 34.5 Å². The minimum Gasteiger partial charge on any atom is -0.364 e. The second-order valence-corrected chi connectivity index (χ2v) is 8.87. The summed E-state index contributed by atoms with van der Waals surface area (Å²) in [6, 6.07) is 9.56. The monoisotopic (exact) mass is 514 g/mol. The molecule has 4 rings (SSSR count). The number of fused-ring (bicyclic) bond motifs is 1. The summed E-state index contributed by atoms with van der Waals surface area (Å²) in [5.41, 5.74) is 6.98. The molecule has 0 unspecified atom stereocenters. The summed E-state index contributed by atoms with van der Waals surface area (Å²) in [6.45, 7) is -0.214. The topological polar surface area (TPSA) is 139 Å². The molecule has 2 aromatic carbocycles. The maximum absolute atomic E-state index is 14.1. The Labute approximate surface area is 210 Å². The van der Waals surface area contributed by atoms with Crippen molar-refractivity contribution in [2.24, 2.45) is 5.73 Å². The lowest BCUT2D eigenvalue weighted by molar-refractivity contribution is -0.137. The fourth-order valence-corrected chi connectivity index (χ4v) is 4.11. The quantitative estimate of drug-likeness (QED) is 0.333. The van der Waals surface area contributed by atoms with Crippen LogP contribution >= 0.6 is 11.6 Å². The molecule has 0 atom stereocenters. The van der Waals surface area contributed by atoms with Crippen LogP contribution in [0.3, 0.4) is 0 Å². The van der Waals surface area contributed by atoms with Crippen LogP contribution in [0.2, 0.25) is 5.02 Å². The molecule has 1 aromatic heterocycles. The Morgan fingerprint density at radius 2 is 2.00 bits per heavy atom. The predicted octanol–water partition coefficient (Wildman–Crippen LogP) is 1.48. The van der Waals surface area contributed by atoms with Gasteiger partial charge in [0.1, 0.15) is 12.4 Å². The van der Waals surface area contributed by atoms with Crippen LogP contribution in [0.15, 0.2) is 36.4 Å². The molecule has 0 spiro atoms. The summed E-state index contributed by atoms with van der Waals surface area (Å²) in [7, 11) is 0. The minimum atomic E-state index is -0.752. The lowest BCUT2D eigenvalue weighted by Gasteiger charge is -2.22. The number of nitrogens with one attached hydrogen (secondary N) is 2. The van der Waals surface area contributed by atoms with Crippen LogP contribution in [-0.4, -0.2) is 51.4 Å². The second kappa shape index (κ2) is 10.7. The van der Waals surface area contributed by atoms with Gasteiger partial charge in [-0.1, -0.05) is 29.8 Å². The van der Waals surface area contributed by atoms with Gasteiger partial charge >= 0.3 is 0 Å². The van der Waals surface area contributed by atoms with Crippen LogP contribution in [0, 0.1) is 5.82 Å². The summed E-state index contributed by atoms with van der Waals surface area (Å²) in [4.78, 5) is 49.8. The third kappa shape index (κ3) is 5.62. The van der Waals surface area contributed by atoms with E-state index in [0.29, 0.717) is 17.3 Å². The molecule has 10 nitrogen and oxygen atoms in total. The van der Waals surface area contributed by atoms with Crippen molar-refractivity contribution in [2.45, 2.75) is 38.5 Å². The number of nitrogens with zero attached hydrogens (tertiary/aromatic N) is 3. The SMILES string of the molecule is NC(=O)c1nn(CC(=O)N(CC(=O)NCc2cccc(Cl)c2F)C2CC2)c2ccc(CNC=O)cc12. The Morgan fingerprint density at radius 3 is 2.69 bits per heavy atom. The van der Waals surface area contributed by atoms with Gasteiger partial charge in [-0.05, 0) is 36.6 Å². The number of amides is 4. The molecule has 1 aliphatic carbocycles. The molecule has 0 bridgehead atoms. The van der Waals surface area contributed by atoms with Gasteiger partial charge in [0.05, 0.1) is 17.1 Å².